The number of carbonyl (C=O) groups excluding carboxylic acids is 1. The third kappa shape index (κ3) is 6.69. The molecule has 0 radical (unpaired) electrons. The van der Waals surface area contributed by atoms with E-state index < -0.39 is 0 Å². The third-order valence-electron chi connectivity index (χ3n) is 8.97. The van der Waals surface area contributed by atoms with Gasteiger partial charge in [0.15, 0.2) is 0 Å². The number of hydrogen-bond donors (Lipinski definition) is 0. The summed E-state index contributed by atoms with van der Waals surface area (Å²) in [5.41, 5.74) is 5.82. The minimum atomic E-state index is 0.193. The van der Waals surface area contributed by atoms with E-state index in [0.717, 1.165) is 86.6 Å². The van der Waals surface area contributed by atoms with E-state index in [0.29, 0.717) is 6.61 Å². The van der Waals surface area contributed by atoms with Gasteiger partial charge in [-0.25, -0.2) is 0 Å². The van der Waals surface area contributed by atoms with Crippen LogP contribution in [0.4, 0.5) is 0 Å². The highest BCUT2D eigenvalue weighted by molar-refractivity contribution is 5.97. The zero-order valence-corrected chi connectivity index (χ0v) is 24.5. The molecule has 3 aromatic carbocycles. The van der Waals surface area contributed by atoms with Crippen LogP contribution in [-0.2, 0) is 13.0 Å². The van der Waals surface area contributed by atoms with Crippen molar-refractivity contribution >= 4 is 5.91 Å². The lowest BCUT2D eigenvalue weighted by Gasteiger charge is -2.45. The van der Waals surface area contributed by atoms with Crippen LogP contribution in [0.2, 0.25) is 0 Å². The maximum absolute atomic E-state index is 13.6. The van der Waals surface area contributed by atoms with E-state index in [1.54, 1.807) is 7.11 Å². The first-order valence-corrected chi connectivity index (χ1v) is 14.9. The summed E-state index contributed by atoms with van der Waals surface area (Å²) in [7, 11) is 1.71. The van der Waals surface area contributed by atoms with Crippen molar-refractivity contribution in [1.82, 2.24) is 9.80 Å². The lowest BCUT2D eigenvalue weighted by Crippen LogP contribution is -2.48. The maximum atomic E-state index is 13.6. The second-order valence-electron chi connectivity index (χ2n) is 11.8. The van der Waals surface area contributed by atoms with Crippen LogP contribution in [0.15, 0.2) is 66.7 Å². The molecule has 5 rings (SSSR count). The summed E-state index contributed by atoms with van der Waals surface area (Å²) in [6, 6.07) is 23.1. The molecule has 0 bridgehead atoms. The number of amides is 1. The SMILES string of the molecule is COc1ccc(CN2CCOc3ccccc3CCCCC3(CCN(C(=O)c4c(C)cccc4C)CC3)C2)cc1. The van der Waals surface area contributed by atoms with Crippen LogP contribution in [0.3, 0.4) is 0 Å². The Kier molecular flexibility index (Phi) is 9.11. The summed E-state index contributed by atoms with van der Waals surface area (Å²) in [4.78, 5) is 18.3. The Bertz CT molecular complexity index is 1260. The number of methoxy groups -OCH3 is 1. The summed E-state index contributed by atoms with van der Waals surface area (Å²) in [6.45, 7) is 9.18. The van der Waals surface area contributed by atoms with Gasteiger partial charge in [0.1, 0.15) is 18.1 Å². The molecule has 1 fully saturated rings. The number of rotatable bonds is 4. The van der Waals surface area contributed by atoms with E-state index in [2.05, 4.69) is 72.2 Å². The predicted octanol–water partition coefficient (Wildman–Crippen LogP) is 6.84. The van der Waals surface area contributed by atoms with Gasteiger partial charge in [0.2, 0.25) is 0 Å². The third-order valence-corrected chi connectivity index (χ3v) is 8.97. The predicted molar refractivity (Wildman–Crippen MR) is 161 cm³/mol. The Morgan fingerprint density at radius 3 is 2.33 bits per heavy atom. The summed E-state index contributed by atoms with van der Waals surface area (Å²) < 4.78 is 11.7. The first kappa shape index (κ1) is 28.2. The van der Waals surface area contributed by atoms with Gasteiger partial charge >= 0.3 is 0 Å². The van der Waals surface area contributed by atoms with Crippen LogP contribution in [0.5, 0.6) is 11.5 Å². The molecule has 0 unspecified atom stereocenters. The van der Waals surface area contributed by atoms with Crippen molar-refractivity contribution in [3.63, 3.8) is 0 Å². The van der Waals surface area contributed by atoms with Gasteiger partial charge in [-0.05, 0) is 91.8 Å². The van der Waals surface area contributed by atoms with E-state index in [-0.39, 0.29) is 11.3 Å². The number of fused-ring (bicyclic) bond motifs is 1. The van der Waals surface area contributed by atoms with Gasteiger partial charge in [-0.1, -0.05) is 55.0 Å². The van der Waals surface area contributed by atoms with Crippen molar-refractivity contribution in [1.29, 1.82) is 0 Å². The van der Waals surface area contributed by atoms with Gasteiger partial charge in [-0.15, -0.1) is 0 Å². The van der Waals surface area contributed by atoms with E-state index >= 15 is 0 Å². The maximum Gasteiger partial charge on any atom is 0.254 e. The summed E-state index contributed by atoms with van der Waals surface area (Å²) >= 11 is 0. The number of benzene rings is 3. The Labute approximate surface area is 240 Å². The first-order valence-electron chi connectivity index (χ1n) is 14.9. The zero-order chi connectivity index (χ0) is 28.0. The molecule has 0 N–H and O–H groups in total. The number of aryl methyl sites for hydroxylation is 3. The zero-order valence-electron chi connectivity index (χ0n) is 24.5. The number of likely N-dealkylation sites (tertiary alicyclic amines) is 1. The highest BCUT2D eigenvalue weighted by atomic mass is 16.5. The van der Waals surface area contributed by atoms with E-state index in [9.17, 15) is 4.79 Å². The van der Waals surface area contributed by atoms with Crippen molar-refractivity contribution in [3.05, 3.63) is 94.5 Å². The van der Waals surface area contributed by atoms with Gasteiger partial charge in [0.25, 0.3) is 5.91 Å². The molecule has 212 valence electrons. The minimum Gasteiger partial charge on any atom is -0.497 e. The number of piperidine rings is 1. The monoisotopic (exact) mass is 540 g/mol. The molecule has 1 saturated heterocycles. The van der Waals surface area contributed by atoms with Crippen LogP contribution < -0.4 is 9.47 Å². The van der Waals surface area contributed by atoms with Crippen molar-refractivity contribution in [2.45, 2.75) is 58.9 Å². The molecule has 5 nitrogen and oxygen atoms in total. The van der Waals surface area contributed by atoms with E-state index in [1.165, 1.54) is 24.0 Å². The van der Waals surface area contributed by atoms with E-state index in [4.69, 9.17) is 9.47 Å². The fourth-order valence-electron chi connectivity index (χ4n) is 6.61. The molecule has 0 aliphatic carbocycles. The largest absolute Gasteiger partial charge is 0.497 e. The standard InChI is InChI=1S/C35H44N2O3/c1-27-9-8-10-28(2)33(27)34(38)37-21-19-35(20-22-37)18-7-6-12-30-11-4-5-13-32(30)40-24-23-36(26-35)25-29-14-16-31(39-3)17-15-29/h4-5,8-11,13-17H,6-7,12,18-26H2,1-3H3. The molecule has 1 spiro atoms. The molecule has 0 aromatic heterocycles. The summed E-state index contributed by atoms with van der Waals surface area (Å²) in [5, 5.41) is 0. The Balaban J connectivity index is 1.34. The lowest BCUT2D eigenvalue weighted by atomic mass is 9.73. The molecular formula is C35H44N2O3. The van der Waals surface area contributed by atoms with Crippen molar-refractivity contribution < 1.29 is 14.3 Å². The van der Waals surface area contributed by atoms with Crippen molar-refractivity contribution in [2.24, 2.45) is 5.41 Å². The normalized spacial score (nSPS) is 18.2. The van der Waals surface area contributed by atoms with Crippen LogP contribution in [-0.4, -0.2) is 55.6 Å². The number of para-hydroxylation sites is 1. The van der Waals surface area contributed by atoms with Crippen LogP contribution >= 0.6 is 0 Å². The number of nitrogens with zero attached hydrogens (tertiary/aromatic N) is 2. The fraction of sp³-hybridized carbons (Fsp3) is 0.457. The van der Waals surface area contributed by atoms with Gasteiger partial charge in [-0.3, -0.25) is 9.69 Å². The Morgan fingerprint density at radius 1 is 0.875 bits per heavy atom. The Morgan fingerprint density at radius 2 is 1.60 bits per heavy atom. The lowest BCUT2D eigenvalue weighted by molar-refractivity contribution is 0.0360. The molecule has 3 aromatic rings. The van der Waals surface area contributed by atoms with Gasteiger partial charge < -0.3 is 14.4 Å². The second-order valence-corrected chi connectivity index (χ2v) is 11.8. The Hall–Kier alpha value is -3.31. The summed E-state index contributed by atoms with van der Waals surface area (Å²) in [5.74, 6) is 2.11. The highest BCUT2D eigenvalue weighted by Crippen LogP contribution is 2.39. The molecule has 40 heavy (non-hydrogen) atoms. The fourth-order valence-corrected chi connectivity index (χ4v) is 6.61. The van der Waals surface area contributed by atoms with Crippen LogP contribution in [0.25, 0.3) is 0 Å². The first-order chi connectivity index (χ1) is 19.5. The van der Waals surface area contributed by atoms with Crippen LogP contribution in [0, 0.1) is 19.3 Å². The second kappa shape index (κ2) is 12.9. The smallest absolute Gasteiger partial charge is 0.254 e. The van der Waals surface area contributed by atoms with Crippen molar-refractivity contribution in [3.8, 4) is 11.5 Å². The average Bonchev–Trinajstić information content (AvgIpc) is 2.96. The molecule has 0 saturated carbocycles. The molecule has 1 amide bonds. The van der Waals surface area contributed by atoms with Crippen LogP contribution in [0.1, 0.15) is 64.7 Å². The molecule has 0 atom stereocenters. The number of hydrogen-bond acceptors (Lipinski definition) is 4. The topological polar surface area (TPSA) is 42.0 Å². The highest BCUT2D eigenvalue weighted by Gasteiger charge is 2.37. The van der Waals surface area contributed by atoms with Crippen molar-refractivity contribution in [2.75, 3.05) is 39.9 Å². The molecule has 2 aliphatic rings. The minimum absolute atomic E-state index is 0.193. The quantitative estimate of drug-likeness (QED) is 0.363. The summed E-state index contributed by atoms with van der Waals surface area (Å²) in [6.07, 6.45) is 6.68. The number of carbonyl (C=O) groups is 1. The van der Waals surface area contributed by atoms with Gasteiger partial charge in [0.05, 0.1) is 7.11 Å². The molecule has 2 heterocycles. The average molecular weight is 541 g/mol. The van der Waals surface area contributed by atoms with E-state index in [1.807, 2.05) is 18.2 Å². The van der Waals surface area contributed by atoms with Gasteiger partial charge in [0, 0.05) is 38.3 Å². The molecular weight excluding hydrogens is 496 g/mol. The number of ether oxygens (including phenoxy) is 2. The molecule has 2 aliphatic heterocycles. The molecule has 5 heteroatoms. The van der Waals surface area contributed by atoms with Gasteiger partial charge in [-0.2, -0.15) is 0 Å².